The Morgan fingerprint density at radius 1 is 1.00 bits per heavy atom. The molecule has 57 valence electrons. The fourth-order valence-corrected chi connectivity index (χ4v) is 0.987. The molecule has 1 radical (unpaired) electrons. The van der Waals surface area contributed by atoms with Crippen molar-refractivity contribution in [3.05, 3.63) is 0 Å². The van der Waals surface area contributed by atoms with Crippen molar-refractivity contribution in [2.24, 2.45) is 0 Å². The fourth-order valence-electron chi connectivity index (χ4n) is 0.329. The second kappa shape index (κ2) is 13.0. The summed E-state index contributed by atoms with van der Waals surface area (Å²) in [4.78, 5) is 0. The standard InChI is InChI=1S/C6H15O2P.Na/c1-3-5-7-9-8-6-4-2;/h9H,3-6H2,1-2H3;. The Morgan fingerprint density at radius 3 is 1.70 bits per heavy atom. The SMILES string of the molecule is CCCOPOCCC.[Na]. The molecule has 0 saturated heterocycles. The van der Waals surface area contributed by atoms with E-state index in [1.165, 1.54) is 0 Å². The average Bonchev–Trinajstić information content (AvgIpc) is 1.89. The van der Waals surface area contributed by atoms with E-state index in [0.29, 0.717) is 0 Å². The molecule has 0 aliphatic carbocycles. The Labute approximate surface area is 87.3 Å². The van der Waals surface area contributed by atoms with Crippen molar-refractivity contribution >= 4 is 38.6 Å². The largest absolute Gasteiger partial charge is 0.336 e. The Kier molecular flexibility index (Phi) is 18.0. The minimum absolute atomic E-state index is 0. The number of hydrogen-bond acceptors (Lipinski definition) is 2. The van der Waals surface area contributed by atoms with Crippen LogP contribution in [0.3, 0.4) is 0 Å². The van der Waals surface area contributed by atoms with Gasteiger partial charge in [0.2, 0.25) is 0 Å². The van der Waals surface area contributed by atoms with Crippen LogP contribution in [0.15, 0.2) is 0 Å². The van der Waals surface area contributed by atoms with Gasteiger partial charge >= 0.3 is 0 Å². The van der Waals surface area contributed by atoms with Crippen LogP contribution < -0.4 is 0 Å². The van der Waals surface area contributed by atoms with Gasteiger partial charge in [-0.2, -0.15) is 0 Å². The molecule has 0 aromatic heterocycles. The van der Waals surface area contributed by atoms with Crippen molar-refractivity contribution in [1.29, 1.82) is 0 Å². The first kappa shape index (κ1) is 13.9. The van der Waals surface area contributed by atoms with Gasteiger partial charge in [0.05, 0.1) is 13.2 Å². The van der Waals surface area contributed by atoms with Gasteiger partial charge in [-0.05, 0) is 12.8 Å². The average molecular weight is 173 g/mol. The monoisotopic (exact) mass is 173 g/mol. The molecule has 0 aliphatic rings. The maximum absolute atomic E-state index is 5.09. The minimum Gasteiger partial charge on any atom is -0.336 e. The summed E-state index contributed by atoms with van der Waals surface area (Å²) in [6.07, 6.45) is 2.14. The van der Waals surface area contributed by atoms with Crippen LogP contribution in [0.2, 0.25) is 0 Å². The first-order valence-electron chi connectivity index (χ1n) is 3.40. The van der Waals surface area contributed by atoms with Crippen molar-refractivity contribution < 1.29 is 9.05 Å². The third kappa shape index (κ3) is 12.1. The molecule has 0 N–H and O–H groups in total. The molecule has 0 aromatic carbocycles. The molecule has 0 spiro atoms. The van der Waals surface area contributed by atoms with Gasteiger partial charge in [-0.25, -0.2) is 0 Å². The van der Waals surface area contributed by atoms with E-state index in [2.05, 4.69) is 13.8 Å². The summed E-state index contributed by atoms with van der Waals surface area (Å²) < 4.78 is 10.2. The first-order chi connectivity index (χ1) is 4.41. The van der Waals surface area contributed by atoms with E-state index in [9.17, 15) is 0 Å². The van der Waals surface area contributed by atoms with Crippen LogP contribution in [0.5, 0.6) is 0 Å². The zero-order valence-corrected chi connectivity index (χ0v) is 10.1. The van der Waals surface area contributed by atoms with Crippen LogP contribution in [0, 0.1) is 0 Å². The van der Waals surface area contributed by atoms with Gasteiger partial charge in [0, 0.05) is 29.6 Å². The third-order valence-electron chi connectivity index (χ3n) is 0.730. The van der Waals surface area contributed by atoms with Crippen LogP contribution in [-0.2, 0) is 9.05 Å². The van der Waals surface area contributed by atoms with E-state index in [0.717, 1.165) is 26.1 Å². The molecule has 0 bridgehead atoms. The molecule has 0 heterocycles. The summed E-state index contributed by atoms with van der Waals surface area (Å²) in [5, 5.41) is 0. The molecular weight excluding hydrogens is 158 g/mol. The van der Waals surface area contributed by atoms with Gasteiger partial charge in [-0.3, -0.25) is 0 Å². The van der Waals surface area contributed by atoms with Crippen LogP contribution in [-0.4, -0.2) is 42.8 Å². The van der Waals surface area contributed by atoms with Crippen LogP contribution >= 0.6 is 9.03 Å². The molecule has 0 aliphatic heterocycles. The zero-order valence-electron chi connectivity index (χ0n) is 7.14. The van der Waals surface area contributed by atoms with Crippen molar-refractivity contribution in [3.63, 3.8) is 0 Å². The Bertz CT molecular complexity index is 49.0. The minimum atomic E-state index is 0. The molecule has 0 saturated carbocycles. The molecule has 0 rings (SSSR count). The van der Waals surface area contributed by atoms with Crippen molar-refractivity contribution in [1.82, 2.24) is 0 Å². The van der Waals surface area contributed by atoms with E-state index < -0.39 is 0 Å². The molecule has 10 heavy (non-hydrogen) atoms. The molecule has 0 aromatic rings. The van der Waals surface area contributed by atoms with Crippen molar-refractivity contribution in [2.75, 3.05) is 13.2 Å². The Hall–Kier alpha value is 1.35. The van der Waals surface area contributed by atoms with Gasteiger partial charge in [0.1, 0.15) is 0 Å². The molecule has 0 atom stereocenters. The van der Waals surface area contributed by atoms with E-state index in [-0.39, 0.29) is 38.6 Å². The topological polar surface area (TPSA) is 18.5 Å². The van der Waals surface area contributed by atoms with Crippen LogP contribution in [0.25, 0.3) is 0 Å². The number of rotatable bonds is 6. The van der Waals surface area contributed by atoms with Crippen molar-refractivity contribution in [3.8, 4) is 0 Å². The molecule has 2 nitrogen and oxygen atoms in total. The summed E-state index contributed by atoms with van der Waals surface area (Å²) in [5.41, 5.74) is 0. The van der Waals surface area contributed by atoms with E-state index in [4.69, 9.17) is 9.05 Å². The fraction of sp³-hybridized carbons (Fsp3) is 1.00. The van der Waals surface area contributed by atoms with E-state index in [1.807, 2.05) is 0 Å². The Balaban J connectivity index is 0. The van der Waals surface area contributed by atoms with Crippen molar-refractivity contribution in [2.45, 2.75) is 26.7 Å². The predicted molar refractivity (Wildman–Crippen MR) is 46.6 cm³/mol. The maximum Gasteiger partial charge on any atom is 0.155 e. The smallest absolute Gasteiger partial charge is 0.155 e. The third-order valence-corrected chi connectivity index (χ3v) is 1.37. The summed E-state index contributed by atoms with van der Waals surface area (Å²) in [6, 6.07) is 0. The van der Waals surface area contributed by atoms with Gasteiger partial charge in [0.25, 0.3) is 0 Å². The second-order valence-corrected chi connectivity index (χ2v) is 2.52. The molecule has 0 amide bonds. The summed E-state index contributed by atoms with van der Waals surface area (Å²) in [7, 11) is 0.246. The summed E-state index contributed by atoms with van der Waals surface area (Å²) in [5.74, 6) is 0. The number of hydrogen-bond donors (Lipinski definition) is 0. The second-order valence-electron chi connectivity index (χ2n) is 1.78. The predicted octanol–water partition coefficient (Wildman–Crippen LogP) is 1.97. The van der Waals surface area contributed by atoms with E-state index >= 15 is 0 Å². The molecule has 0 unspecified atom stereocenters. The van der Waals surface area contributed by atoms with Gasteiger partial charge in [0.15, 0.2) is 9.03 Å². The van der Waals surface area contributed by atoms with Gasteiger partial charge in [-0.15, -0.1) is 0 Å². The van der Waals surface area contributed by atoms with Crippen LogP contribution in [0.1, 0.15) is 26.7 Å². The zero-order chi connectivity index (χ0) is 6.95. The van der Waals surface area contributed by atoms with Gasteiger partial charge in [-0.1, -0.05) is 13.8 Å². The quantitative estimate of drug-likeness (QED) is 0.347. The summed E-state index contributed by atoms with van der Waals surface area (Å²) >= 11 is 0. The molecule has 0 fully saturated rings. The molecular formula is C6H15NaO2P. The first-order valence-corrected chi connectivity index (χ1v) is 4.22. The summed E-state index contributed by atoms with van der Waals surface area (Å²) in [6.45, 7) is 5.82. The van der Waals surface area contributed by atoms with Crippen LogP contribution in [0.4, 0.5) is 0 Å². The Morgan fingerprint density at radius 2 is 1.40 bits per heavy atom. The maximum atomic E-state index is 5.09. The normalized spacial score (nSPS) is 9.00. The molecule has 4 heteroatoms. The van der Waals surface area contributed by atoms with E-state index in [1.54, 1.807) is 0 Å². The van der Waals surface area contributed by atoms with Gasteiger partial charge < -0.3 is 9.05 Å².